The van der Waals surface area contributed by atoms with Crippen LogP contribution in [0.2, 0.25) is 0 Å². The third-order valence-corrected chi connectivity index (χ3v) is 11.2. The normalized spacial score (nSPS) is 25.4. The number of aliphatic hydroxyl groups is 3. The summed E-state index contributed by atoms with van der Waals surface area (Å²) in [5.74, 6) is -2.18. The van der Waals surface area contributed by atoms with Crippen molar-refractivity contribution in [3.05, 3.63) is 67.9 Å². The largest absolute Gasteiger partial charge is 0.496 e. The molecule has 12 heteroatoms. The number of carbonyl (C=O) groups excluding carboxylic acids is 3. The van der Waals surface area contributed by atoms with Gasteiger partial charge in [-0.1, -0.05) is 17.7 Å². The van der Waals surface area contributed by atoms with E-state index in [1.54, 1.807) is 13.8 Å². The number of ether oxygens (including phenoxy) is 4. The van der Waals surface area contributed by atoms with Crippen molar-refractivity contribution in [3.63, 3.8) is 0 Å². The van der Waals surface area contributed by atoms with Crippen LogP contribution in [0, 0.1) is 11.8 Å². The Labute approximate surface area is 295 Å². The first-order valence-electron chi connectivity index (χ1n) is 17.7. The highest BCUT2D eigenvalue weighted by Gasteiger charge is 2.49. The fraction of sp³-hybridized carbons (Fsp3) is 0.487. The molecule has 1 aliphatic carbocycles. The van der Waals surface area contributed by atoms with Crippen molar-refractivity contribution < 1.29 is 48.7 Å². The first kappa shape index (κ1) is 35.1. The number of fused-ring (bicyclic) bond motifs is 3. The van der Waals surface area contributed by atoms with Crippen molar-refractivity contribution in [1.29, 1.82) is 0 Å². The number of aliphatic hydroxyl groups excluding tert-OH is 2. The van der Waals surface area contributed by atoms with Gasteiger partial charge in [-0.2, -0.15) is 0 Å². The van der Waals surface area contributed by atoms with Crippen LogP contribution in [0.5, 0.6) is 17.2 Å². The number of Topliss-reactive ketones (excluding diaryl/α,β-unsaturated/α-hetero) is 1. The quantitative estimate of drug-likeness (QED) is 0.221. The van der Waals surface area contributed by atoms with Crippen LogP contribution < -0.4 is 30.1 Å². The molecule has 0 spiro atoms. The predicted molar refractivity (Wildman–Crippen MR) is 185 cm³/mol. The number of piperidine rings is 1. The van der Waals surface area contributed by atoms with Crippen LogP contribution in [0.3, 0.4) is 0 Å². The summed E-state index contributed by atoms with van der Waals surface area (Å²) in [4.78, 5) is 44.9. The number of rotatable bonds is 9. The van der Waals surface area contributed by atoms with Gasteiger partial charge in [0.05, 0.1) is 55.5 Å². The van der Waals surface area contributed by atoms with Crippen LogP contribution in [-0.2, 0) is 32.1 Å². The summed E-state index contributed by atoms with van der Waals surface area (Å²) < 4.78 is 24.2. The van der Waals surface area contributed by atoms with E-state index in [1.165, 1.54) is 7.11 Å². The Morgan fingerprint density at radius 3 is 2.63 bits per heavy atom. The van der Waals surface area contributed by atoms with Crippen LogP contribution in [0.25, 0.3) is 11.6 Å². The van der Waals surface area contributed by atoms with Gasteiger partial charge >= 0.3 is 5.97 Å². The Bertz CT molecular complexity index is 1970. The number of carbonyl (C=O) groups is 3. The minimum Gasteiger partial charge on any atom is -0.496 e. The molecule has 7 rings (SSSR count). The third-order valence-electron chi connectivity index (χ3n) is 11.2. The molecule has 2 fully saturated rings. The van der Waals surface area contributed by atoms with Gasteiger partial charge in [0.15, 0.2) is 6.29 Å². The lowest BCUT2D eigenvalue weighted by atomic mass is 9.71. The number of hydrogen-bond donors (Lipinski definition) is 4. The van der Waals surface area contributed by atoms with E-state index in [1.807, 2.05) is 24.3 Å². The van der Waals surface area contributed by atoms with E-state index in [9.17, 15) is 29.7 Å². The molecule has 4 atom stereocenters. The molecule has 12 nitrogen and oxygen atoms in total. The Kier molecular flexibility index (Phi) is 9.61. The van der Waals surface area contributed by atoms with Gasteiger partial charge < -0.3 is 39.6 Å². The number of aldehydes is 1. The number of ketones is 1. The second kappa shape index (κ2) is 14.0. The van der Waals surface area contributed by atoms with E-state index in [4.69, 9.17) is 18.9 Å². The number of allylic oxidation sites excluding steroid dienone is 3. The van der Waals surface area contributed by atoms with E-state index >= 15 is 0 Å². The summed E-state index contributed by atoms with van der Waals surface area (Å²) in [7, 11) is 1.48. The number of benzene rings is 2. The Balaban J connectivity index is 1.44. The van der Waals surface area contributed by atoms with E-state index in [2.05, 4.69) is 10.3 Å². The maximum atomic E-state index is 13.9. The van der Waals surface area contributed by atoms with E-state index in [-0.39, 0.29) is 60.2 Å². The summed E-state index contributed by atoms with van der Waals surface area (Å²) in [6, 6.07) is 5.69. The number of nitrogens with one attached hydrogen (secondary N) is 1. The summed E-state index contributed by atoms with van der Waals surface area (Å²) in [5, 5.41) is 38.4. The first-order valence-corrected chi connectivity index (χ1v) is 17.7. The van der Waals surface area contributed by atoms with Gasteiger partial charge in [-0.05, 0) is 81.5 Å². The Hall–Kier alpha value is -4.36. The lowest BCUT2D eigenvalue weighted by Gasteiger charge is -2.39. The number of hydrogen-bond acceptors (Lipinski definition) is 12. The summed E-state index contributed by atoms with van der Waals surface area (Å²) in [6.07, 6.45) is 3.92. The first-order chi connectivity index (χ1) is 24.7. The van der Waals surface area contributed by atoms with Crippen LogP contribution >= 0.6 is 0 Å². The molecule has 51 heavy (non-hydrogen) atoms. The minimum absolute atomic E-state index is 0.0122. The van der Waals surface area contributed by atoms with Crippen molar-refractivity contribution in [2.45, 2.75) is 70.2 Å². The standard InChI is InChI=1S/C39H44N2O10/c1-4-49-38(46)37-27(18-43)31(22-14-23(17-42)33(45)25(15-22)20-5-6-29-21(13-20)7-12-41-29)32-35(48-3)26-16-30(39(2,47)24-8-10-40-11-9-24)50-34(26)28(19-44)36(32)51-37/h5-7,13,18,23-25,30,40,42,44,47H,4,8-12,14-17,19H2,1-3H3/b31-22-/t23-,25-,30+,39-/m1/s1. The fourth-order valence-electron chi connectivity index (χ4n) is 8.52. The van der Waals surface area contributed by atoms with E-state index < -0.39 is 42.7 Å². The Morgan fingerprint density at radius 2 is 1.94 bits per heavy atom. The molecule has 270 valence electrons. The number of nitrogens with zero attached hydrogens (tertiary/aromatic N) is 1. The molecule has 2 aromatic carbocycles. The average Bonchev–Trinajstić information content (AvgIpc) is 3.81. The van der Waals surface area contributed by atoms with Gasteiger partial charge in [-0.15, -0.1) is 0 Å². The second-order valence-electron chi connectivity index (χ2n) is 14.0. The zero-order valence-corrected chi connectivity index (χ0v) is 29.1. The summed E-state index contributed by atoms with van der Waals surface area (Å²) in [6.45, 7) is 4.56. The molecular formula is C39H44N2O10. The molecule has 0 aromatic heterocycles. The molecule has 2 aromatic rings. The van der Waals surface area contributed by atoms with Crippen molar-refractivity contribution >= 4 is 29.7 Å². The molecule has 4 heterocycles. The molecule has 4 N–H and O–H groups in total. The highest BCUT2D eigenvalue weighted by atomic mass is 16.6. The fourth-order valence-corrected chi connectivity index (χ4v) is 8.52. The minimum atomic E-state index is -1.23. The van der Waals surface area contributed by atoms with Gasteiger partial charge in [0, 0.05) is 29.4 Å². The highest BCUT2D eigenvalue weighted by Crippen LogP contribution is 2.57. The molecule has 0 amide bonds. The molecule has 0 radical (unpaired) electrons. The van der Waals surface area contributed by atoms with Gasteiger partial charge in [-0.25, -0.2) is 4.79 Å². The van der Waals surface area contributed by atoms with Gasteiger partial charge in [0.2, 0.25) is 5.76 Å². The molecule has 5 aliphatic rings. The maximum absolute atomic E-state index is 13.9. The van der Waals surface area contributed by atoms with Crippen LogP contribution in [-0.4, -0.2) is 85.0 Å². The lowest BCUT2D eigenvalue weighted by Crippen LogP contribution is -2.51. The van der Waals surface area contributed by atoms with Crippen LogP contribution in [0.15, 0.2) is 40.1 Å². The SMILES string of the molecule is CCOC(=O)C1=C(C=O)/C(=C2\C[C@H](CO)C(=O)[C@@H](c3ccc4c(c3)=CCN=4)C2)c2c(OC)c3c(c(CO)c2O1)O[C@H]([C@](C)(O)C1CCNCC1)C3. The van der Waals surface area contributed by atoms with Crippen molar-refractivity contribution in [2.24, 2.45) is 16.8 Å². The van der Waals surface area contributed by atoms with Crippen molar-refractivity contribution in [2.75, 3.05) is 40.0 Å². The summed E-state index contributed by atoms with van der Waals surface area (Å²) >= 11 is 0. The van der Waals surface area contributed by atoms with Gasteiger partial charge in [0.25, 0.3) is 0 Å². The molecule has 0 unspecified atom stereocenters. The molecule has 1 saturated carbocycles. The predicted octanol–water partition coefficient (Wildman–Crippen LogP) is 1.57. The topological polar surface area (TPSA) is 173 Å². The Morgan fingerprint density at radius 1 is 1.16 bits per heavy atom. The molecule has 0 bridgehead atoms. The zero-order chi connectivity index (χ0) is 36.0. The molecular weight excluding hydrogens is 656 g/mol. The third kappa shape index (κ3) is 5.87. The smallest absolute Gasteiger partial charge is 0.375 e. The second-order valence-corrected chi connectivity index (χ2v) is 14.0. The van der Waals surface area contributed by atoms with Crippen LogP contribution in [0.1, 0.15) is 67.7 Å². The molecule has 4 aliphatic heterocycles. The summed E-state index contributed by atoms with van der Waals surface area (Å²) in [5.41, 5.74) is 1.57. The van der Waals surface area contributed by atoms with Crippen LogP contribution in [0.4, 0.5) is 0 Å². The average molecular weight is 701 g/mol. The molecule has 1 saturated heterocycles. The van der Waals surface area contributed by atoms with Crippen molar-refractivity contribution in [3.8, 4) is 17.2 Å². The van der Waals surface area contributed by atoms with E-state index in [0.29, 0.717) is 46.6 Å². The van der Waals surface area contributed by atoms with Gasteiger partial charge in [-0.3, -0.25) is 14.6 Å². The zero-order valence-electron chi connectivity index (χ0n) is 29.1. The van der Waals surface area contributed by atoms with Gasteiger partial charge in [0.1, 0.15) is 34.7 Å². The highest BCUT2D eigenvalue weighted by molar-refractivity contribution is 6.11. The maximum Gasteiger partial charge on any atom is 0.375 e. The monoisotopic (exact) mass is 700 g/mol. The van der Waals surface area contributed by atoms with Crippen molar-refractivity contribution in [1.82, 2.24) is 5.32 Å². The number of methoxy groups -OCH3 is 1. The number of esters is 1. The van der Waals surface area contributed by atoms with E-state index in [0.717, 1.165) is 42.1 Å². The lowest BCUT2D eigenvalue weighted by molar-refractivity contribution is -0.141.